The molecule has 1 aromatic carbocycles. The molecule has 2 N–H and O–H groups in total. The highest BCUT2D eigenvalue weighted by Gasteiger charge is 2.26. The second kappa shape index (κ2) is 5.16. The van der Waals surface area contributed by atoms with Gasteiger partial charge in [-0.05, 0) is 30.5 Å². The summed E-state index contributed by atoms with van der Waals surface area (Å²) in [6.45, 7) is 0.517. The third kappa shape index (κ3) is 4.83. The zero-order valence-corrected chi connectivity index (χ0v) is 8.35. The van der Waals surface area contributed by atoms with Crippen molar-refractivity contribution in [1.29, 1.82) is 0 Å². The second-order valence-corrected chi connectivity index (χ2v) is 3.47. The lowest BCUT2D eigenvalue weighted by Gasteiger charge is -2.07. The first kappa shape index (κ1) is 12.0. The minimum absolute atomic E-state index is 0.0436. The van der Waals surface area contributed by atoms with Gasteiger partial charge in [-0.15, -0.1) is 0 Å². The number of rotatable bonds is 4. The van der Waals surface area contributed by atoms with Crippen LogP contribution in [0.25, 0.3) is 0 Å². The standard InChI is InChI=1S/C11H14F3N/c12-11(13,14)6-4-9-2-1-3-10(8-9)5-7-15/h1-3,8H,4-7,15H2. The molecule has 0 aliphatic heterocycles. The van der Waals surface area contributed by atoms with E-state index in [0.717, 1.165) is 11.1 Å². The molecule has 0 amide bonds. The lowest BCUT2D eigenvalue weighted by molar-refractivity contribution is -0.133. The fourth-order valence-corrected chi connectivity index (χ4v) is 1.39. The predicted octanol–water partition coefficient (Wildman–Crippen LogP) is 2.68. The average molecular weight is 217 g/mol. The van der Waals surface area contributed by atoms with Crippen LogP contribution in [0.5, 0.6) is 0 Å². The summed E-state index contributed by atoms with van der Waals surface area (Å²) in [6, 6.07) is 7.16. The third-order valence-electron chi connectivity index (χ3n) is 2.12. The van der Waals surface area contributed by atoms with Crippen LogP contribution in [-0.2, 0) is 12.8 Å². The van der Waals surface area contributed by atoms with Crippen LogP contribution in [0.1, 0.15) is 17.5 Å². The number of nitrogens with two attached hydrogens (primary N) is 1. The Morgan fingerprint density at radius 1 is 1.07 bits per heavy atom. The van der Waals surface area contributed by atoms with Crippen LogP contribution >= 0.6 is 0 Å². The molecule has 1 aromatic rings. The lowest BCUT2D eigenvalue weighted by Crippen LogP contribution is -2.09. The van der Waals surface area contributed by atoms with Gasteiger partial charge in [0.2, 0.25) is 0 Å². The molecule has 0 aromatic heterocycles. The Hall–Kier alpha value is -1.03. The summed E-state index contributed by atoms with van der Waals surface area (Å²) in [5.41, 5.74) is 7.09. The maximum absolute atomic E-state index is 12.0. The van der Waals surface area contributed by atoms with E-state index in [1.807, 2.05) is 6.07 Å². The number of hydrogen-bond acceptors (Lipinski definition) is 1. The van der Waals surface area contributed by atoms with Gasteiger partial charge in [0.1, 0.15) is 0 Å². The van der Waals surface area contributed by atoms with Crippen molar-refractivity contribution in [3.63, 3.8) is 0 Å². The topological polar surface area (TPSA) is 26.0 Å². The van der Waals surface area contributed by atoms with E-state index in [2.05, 4.69) is 0 Å². The highest BCUT2D eigenvalue weighted by Crippen LogP contribution is 2.22. The molecule has 15 heavy (non-hydrogen) atoms. The van der Waals surface area contributed by atoms with Crippen molar-refractivity contribution in [3.8, 4) is 0 Å². The highest BCUT2D eigenvalue weighted by molar-refractivity contribution is 5.23. The molecule has 0 aliphatic rings. The minimum Gasteiger partial charge on any atom is -0.330 e. The van der Waals surface area contributed by atoms with E-state index in [0.29, 0.717) is 13.0 Å². The van der Waals surface area contributed by atoms with Crippen LogP contribution in [-0.4, -0.2) is 12.7 Å². The van der Waals surface area contributed by atoms with Gasteiger partial charge in [-0.3, -0.25) is 0 Å². The van der Waals surface area contributed by atoms with Crippen LogP contribution in [0.2, 0.25) is 0 Å². The molecule has 0 fully saturated rings. The Kier molecular flexibility index (Phi) is 4.15. The zero-order valence-electron chi connectivity index (χ0n) is 8.35. The van der Waals surface area contributed by atoms with Crippen molar-refractivity contribution in [3.05, 3.63) is 35.4 Å². The number of hydrogen-bond donors (Lipinski definition) is 1. The van der Waals surface area contributed by atoms with Gasteiger partial charge in [-0.1, -0.05) is 24.3 Å². The smallest absolute Gasteiger partial charge is 0.330 e. The molecule has 0 atom stereocenters. The third-order valence-corrected chi connectivity index (χ3v) is 2.12. The fraction of sp³-hybridized carbons (Fsp3) is 0.455. The van der Waals surface area contributed by atoms with E-state index >= 15 is 0 Å². The molecule has 84 valence electrons. The SMILES string of the molecule is NCCc1cccc(CCC(F)(F)F)c1. The van der Waals surface area contributed by atoms with E-state index < -0.39 is 12.6 Å². The minimum atomic E-state index is -4.08. The molecule has 0 radical (unpaired) electrons. The van der Waals surface area contributed by atoms with Crippen molar-refractivity contribution in [1.82, 2.24) is 0 Å². The Labute approximate surface area is 87.1 Å². The van der Waals surface area contributed by atoms with Crippen LogP contribution in [0, 0.1) is 0 Å². The van der Waals surface area contributed by atoms with E-state index in [1.54, 1.807) is 18.2 Å². The fourth-order valence-electron chi connectivity index (χ4n) is 1.39. The molecule has 0 saturated carbocycles. The van der Waals surface area contributed by atoms with Crippen LogP contribution in [0.3, 0.4) is 0 Å². The Morgan fingerprint density at radius 3 is 2.20 bits per heavy atom. The van der Waals surface area contributed by atoms with E-state index in [9.17, 15) is 13.2 Å². The first-order valence-electron chi connectivity index (χ1n) is 4.86. The summed E-state index contributed by atoms with van der Waals surface area (Å²) in [5, 5.41) is 0. The summed E-state index contributed by atoms with van der Waals surface area (Å²) < 4.78 is 35.9. The van der Waals surface area contributed by atoms with Gasteiger partial charge in [-0.2, -0.15) is 13.2 Å². The van der Waals surface area contributed by atoms with Crippen LogP contribution in [0.4, 0.5) is 13.2 Å². The quantitative estimate of drug-likeness (QED) is 0.824. The van der Waals surface area contributed by atoms with Crippen molar-refractivity contribution < 1.29 is 13.2 Å². The Bertz CT molecular complexity index is 307. The summed E-state index contributed by atoms with van der Waals surface area (Å²) in [7, 11) is 0. The molecule has 0 heterocycles. The largest absolute Gasteiger partial charge is 0.389 e. The average Bonchev–Trinajstić information content (AvgIpc) is 2.15. The number of halogens is 3. The van der Waals surface area contributed by atoms with Gasteiger partial charge in [0.05, 0.1) is 0 Å². The molecule has 0 spiro atoms. The van der Waals surface area contributed by atoms with Gasteiger partial charge in [0.15, 0.2) is 0 Å². The Morgan fingerprint density at radius 2 is 1.67 bits per heavy atom. The molecule has 4 heteroatoms. The molecule has 0 unspecified atom stereocenters. The van der Waals surface area contributed by atoms with E-state index in [4.69, 9.17) is 5.73 Å². The molecular weight excluding hydrogens is 203 g/mol. The predicted molar refractivity (Wildman–Crippen MR) is 53.6 cm³/mol. The normalized spacial score (nSPS) is 11.7. The summed E-state index contributed by atoms with van der Waals surface area (Å²) in [5.74, 6) is 0. The first-order chi connectivity index (χ1) is 7.01. The van der Waals surface area contributed by atoms with E-state index in [1.165, 1.54) is 0 Å². The molecule has 0 aliphatic carbocycles. The monoisotopic (exact) mass is 217 g/mol. The van der Waals surface area contributed by atoms with Gasteiger partial charge in [0.25, 0.3) is 0 Å². The molecular formula is C11H14F3N. The second-order valence-electron chi connectivity index (χ2n) is 3.47. The lowest BCUT2D eigenvalue weighted by atomic mass is 10.0. The Balaban J connectivity index is 2.57. The molecule has 1 nitrogen and oxygen atoms in total. The number of aryl methyl sites for hydroxylation is 1. The molecule has 1 rings (SSSR count). The van der Waals surface area contributed by atoms with Crippen molar-refractivity contribution >= 4 is 0 Å². The van der Waals surface area contributed by atoms with Crippen molar-refractivity contribution in [2.75, 3.05) is 6.54 Å². The maximum atomic E-state index is 12.0. The van der Waals surface area contributed by atoms with Crippen molar-refractivity contribution in [2.45, 2.75) is 25.4 Å². The van der Waals surface area contributed by atoms with Gasteiger partial charge < -0.3 is 5.73 Å². The van der Waals surface area contributed by atoms with Crippen molar-refractivity contribution in [2.24, 2.45) is 5.73 Å². The summed E-state index contributed by atoms with van der Waals surface area (Å²) >= 11 is 0. The molecule has 0 bridgehead atoms. The summed E-state index contributed by atoms with van der Waals surface area (Å²) in [4.78, 5) is 0. The maximum Gasteiger partial charge on any atom is 0.389 e. The van der Waals surface area contributed by atoms with E-state index in [-0.39, 0.29) is 6.42 Å². The highest BCUT2D eigenvalue weighted by atomic mass is 19.4. The number of benzene rings is 1. The molecule has 0 saturated heterocycles. The first-order valence-corrected chi connectivity index (χ1v) is 4.86. The summed E-state index contributed by atoms with van der Waals surface area (Å²) in [6.07, 6.45) is -4.09. The number of alkyl halides is 3. The van der Waals surface area contributed by atoms with Gasteiger partial charge in [-0.25, -0.2) is 0 Å². The van der Waals surface area contributed by atoms with Crippen LogP contribution in [0.15, 0.2) is 24.3 Å². The van der Waals surface area contributed by atoms with Gasteiger partial charge >= 0.3 is 6.18 Å². The zero-order chi connectivity index (χ0) is 11.3. The van der Waals surface area contributed by atoms with Gasteiger partial charge in [0, 0.05) is 6.42 Å². The van der Waals surface area contributed by atoms with Crippen LogP contribution < -0.4 is 5.73 Å².